The maximum atomic E-state index is 13.1. The fourth-order valence-corrected chi connectivity index (χ4v) is 6.83. The van der Waals surface area contributed by atoms with Crippen molar-refractivity contribution in [3.63, 3.8) is 0 Å². The molecule has 0 N–H and O–H groups in total. The molecule has 2 aromatic carbocycles. The van der Waals surface area contributed by atoms with Gasteiger partial charge in [-0.2, -0.15) is 0 Å². The van der Waals surface area contributed by atoms with Gasteiger partial charge >= 0.3 is 0 Å². The predicted octanol–water partition coefficient (Wildman–Crippen LogP) is 2.72. The number of rotatable bonds is 15. The molecule has 202 valence electrons. The quantitative estimate of drug-likeness (QED) is 0.337. The summed E-state index contributed by atoms with van der Waals surface area (Å²) in [7, 11) is -1.44. The van der Waals surface area contributed by atoms with Crippen molar-refractivity contribution in [3.8, 4) is 23.0 Å². The van der Waals surface area contributed by atoms with Crippen LogP contribution < -0.4 is 18.9 Å². The highest BCUT2D eigenvalue weighted by Gasteiger charge is 2.26. The molecule has 0 bridgehead atoms. The maximum absolute atomic E-state index is 13.1. The zero-order chi connectivity index (χ0) is 26.9. The van der Waals surface area contributed by atoms with Crippen LogP contribution in [0.25, 0.3) is 0 Å². The summed E-state index contributed by atoms with van der Waals surface area (Å²) in [5, 5.41) is 0. The molecule has 2 aromatic rings. The molecular formula is C24H36N2O8S2. The van der Waals surface area contributed by atoms with Crippen LogP contribution in [0.4, 0.5) is 0 Å². The number of nitrogens with zero attached hydrogens (tertiary/aromatic N) is 2. The summed E-state index contributed by atoms with van der Waals surface area (Å²) in [4.78, 5) is 0. The molecular weight excluding hydrogens is 508 g/mol. The van der Waals surface area contributed by atoms with Gasteiger partial charge < -0.3 is 18.9 Å². The van der Waals surface area contributed by atoms with Crippen molar-refractivity contribution in [2.24, 2.45) is 0 Å². The van der Waals surface area contributed by atoms with Gasteiger partial charge in [0.25, 0.3) is 0 Å². The van der Waals surface area contributed by atoms with Crippen molar-refractivity contribution in [1.29, 1.82) is 0 Å². The Hall–Kier alpha value is -2.54. The zero-order valence-corrected chi connectivity index (χ0v) is 23.3. The molecule has 0 amide bonds. The van der Waals surface area contributed by atoms with Crippen LogP contribution in [0.5, 0.6) is 23.0 Å². The second-order valence-electron chi connectivity index (χ2n) is 7.87. The van der Waals surface area contributed by atoms with Crippen LogP contribution in [-0.4, -0.2) is 80.1 Å². The Balaban J connectivity index is 2.13. The van der Waals surface area contributed by atoms with Crippen LogP contribution in [0.15, 0.2) is 36.4 Å². The van der Waals surface area contributed by atoms with E-state index >= 15 is 0 Å². The van der Waals surface area contributed by atoms with Gasteiger partial charge in [-0.05, 0) is 35.4 Å². The fraction of sp³-hybridized carbons (Fsp3) is 0.500. The van der Waals surface area contributed by atoms with Crippen LogP contribution in [0.1, 0.15) is 25.0 Å². The van der Waals surface area contributed by atoms with E-state index in [0.29, 0.717) is 34.1 Å². The van der Waals surface area contributed by atoms with Gasteiger partial charge in [0.15, 0.2) is 23.0 Å². The monoisotopic (exact) mass is 544 g/mol. The van der Waals surface area contributed by atoms with Crippen molar-refractivity contribution in [2.45, 2.75) is 25.4 Å². The Morgan fingerprint density at radius 1 is 0.583 bits per heavy atom. The lowest BCUT2D eigenvalue weighted by molar-refractivity contribution is 0.353. The van der Waals surface area contributed by atoms with E-state index in [2.05, 4.69) is 0 Å². The summed E-state index contributed by atoms with van der Waals surface area (Å²) < 4.78 is 76.0. The van der Waals surface area contributed by atoms with Crippen LogP contribution in [0.3, 0.4) is 0 Å². The van der Waals surface area contributed by atoms with Gasteiger partial charge in [-0.1, -0.05) is 26.0 Å². The van der Waals surface area contributed by atoms with E-state index < -0.39 is 20.0 Å². The highest BCUT2D eigenvalue weighted by Crippen LogP contribution is 2.30. The summed E-state index contributed by atoms with van der Waals surface area (Å²) >= 11 is 0. The number of hydrogen-bond donors (Lipinski definition) is 0. The number of likely N-dealkylation sites (N-methyl/N-ethyl adjacent to an activating group) is 2. The molecule has 36 heavy (non-hydrogen) atoms. The molecule has 0 saturated carbocycles. The lowest BCUT2D eigenvalue weighted by atomic mass is 10.2. The summed E-state index contributed by atoms with van der Waals surface area (Å²) in [6.45, 7) is 3.93. The highest BCUT2D eigenvalue weighted by molar-refractivity contribution is 7.88. The number of sulfonamides is 2. The number of ether oxygens (including phenoxy) is 4. The molecule has 0 radical (unpaired) electrons. The molecule has 2 rings (SSSR count). The van der Waals surface area contributed by atoms with Gasteiger partial charge in [0, 0.05) is 26.2 Å². The smallest absolute Gasteiger partial charge is 0.218 e. The van der Waals surface area contributed by atoms with Gasteiger partial charge in [0.2, 0.25) is 20.0 Å². The van der Waals surface area contributed by atoms with Crippen molar-refractivity contribution in [3.05, 3.63) is 47.5 Å². The maximum Gasteiger partial charge on any atom is 0.218 e. The first kappa shape index (κ1) is 29.7. The number of hydrogen-bond acceptors (Lipinski definition) is 8. The molecule has 0 atom stereocenters. The van der Waals surface area contributed by atoms with E-state index in [1.165, 1.54) is 37.0 Å². The third-order valence-corrected chi connectivity index (χ3v) is 9.54. The van der Waals surface area contributed by atoms with E-state index in [9.17, 15) is 16.8 Å². The standard InChI is InChI=1S/C24H36N2O8S2/c1-7-25(35(27,28)17-19-9-11-21(31-3)23(15-19)33-5)13-14-26(8-2)36(29,30)18-20-10-12-22(32-4)24(16-20)34-6/h9-12,15-16H,7-8,13-14,17-18H2,1-6H3. The van der Waals surface area contributed by atoms with E-state index in [1.54, 1.807) is 50.2 Å². The van der Waals surface area contributed by atoms with Crippen molar-refractivity contribution in [1.82, 2.24) is 8.61 Å². The van der Waals surface area contributed by atoms with E-state index in [0.717, 1.165) is 0 Å². The number of benzene rings is 2. The first-order valence-corrected chi connectivity index (χ1v) is 14.6. The average Bonchev–Trinajstić information content (AvgIpc) is 2.85. The molecule has 0 aromatic heterocycles. The average molecular weight is 545 g/mol. The minimum atomic E-state index is -3.71. The topological polar surface area (TPSA) is 112 Å². The molecule has 0 spiro atoms. The van der Waals surface area contributed by atoms with Gasteiger partial charge in [-0.15, -0.1) is 0 Å². The molecule has 0 heterocycles. The Bertz CT molecular complexity index is 1120. The lowest BCUT2D eigenvalue weighted by Crippen LogP contribution is -2.41. The zero-order valence-electron chi connectivity index (χ0n) is 21.7. The van der Waals surface area contributed by atoms with Crippen molar-refractivity contribution < 1.29 is 35.8 Å². The summed E-state index contributed by atoms with van der Waals surface area (Å²) in [5.74, 6) is 1.39. The highest BCUT2D eigenvalue weighted by atomic mass is 32.2. The molecule has 0 unspecified atom stereocenters. The van der Waals surface area contributed by atoms with Gasteiger partial charge in [0.1, 0.15) is 0 Å². The molecule has 10 nitrogen and oxygen atoms in total. The minimum Gasteiger partial charge on any atom is -0.493 e. The second kappa shape index (κ2) is 13.1. The normalized spacial score (nSPS) is 12.1. The van der Waals surface area contributed by atoms with Crippen LogP contribution in [0.2, 0.25) is 0 Å². The summed E-state index contributed by atoms with van der Waals surface area (Å²) in [6, 6.07) is 9.88. The van der Waals surface area contributed by atoms with Crippen LogP contribution in [0, 0.1) is 0 Å². The van der Waals surface area contributed by atoms with E-state index in [4.69, 9.17) is 18.9 Å². The van der Waals surface area contributed by atoms with Crippen molar-refractivity contribution >= 4 is 20.0 Å². The largest absolute Gasteiger partial charge is 0.493 e. The van der Waals surface area contributed by atoms with Crippen LogP contribution >= 0.6 is 0 Å². The van der Waals surface area contributed by atoms with E-state index in [1.807, 2.05) is 0 Å². The SMILES string of the molecule is CCN(CCN(CC)S(=O)(=O)Cc1ccc(OC)c(OC)c1)S(=O)(=O)Cc1ccc(OC)c(OC)c1. The van der Waals surface area contributed by atoms with E-state index in [-0.39, 0.29) is 37.7 Å². The summed E-state index contributed by atoms with van der Waals surface area (Å²) in [6.07, 6.45) is 0. The molecule has 0 aliphatic heterocycles. The van der Waals surface area contributed by atoms with Gasteiger partial charge in [-0.3, -0.25) is 0 Å². The Kier molecular flexibility index (Phi) is 10.8. The Labute approximate surface area is 214 Å². The third-order valence-electron chi connectivity index (χ3n) is 5.69. The molecule has 0 aliphatic carbocycles. The predicted molar refractivity (Wildman–Crippen MR) is 139 cm³/mol. The lowest BCUT2D eigenvalue weighted by Gasteiger charge is -2.26. The first-order chi connectivity index (χ1) is 17.0. The van der Waals surface area contributed by atoms with Gasteiger partial charge in [-0.25, -0.2) is 25.4 Å². The molecule has 0 saturated heterocycles. The Morgan fingerprint density at radius 2 is 0.917 bits per heavy atom. The first-order valence-electron chi connectivity index (χ1n) is 11.4. The third kappa shape index (κ3) is 7.48. The molecule has 0 fully saturated rings. The summed E-state index contributed by atoms with van der Waals surface area (Å²) in [5.41, 5.74) is 1.08. The van der Waals surface area contributed by atoms with Crippen molar-refractivity contribution in [2.75, 3.05) is 54.6 Å². The molecule has 0 aliphatic rings. The number of methoxy groups -OCH3 is 4. The van der Waals surface area contributed by atoms with Gasteiger partial charge in [0.05, 0.1) is 39.9 Å². The van der Waals surface area contributed by atoms with Crippen LogP contribution in [-0.2, 0) is 31.6 Å². The molecule has 12 heteroatoms. The Morgan fingerprint density at radius 3 is 1.19 bits per heavy atom. The second-order valence-corrected chi connectivity index (χ2v) is 11.8. The minimum absolute atomic E-state index is 0.0329. The fourth-order valence-electron chi connectivity index (χ4n) is 3.76.